The van der Waals surface area contributed by atoms with Crippen LogP contribution < -0.4 is 5.32 Å². The number of benzene rings is 1. The second-order valence-corrected chi connectivity index (χ2v) is 5.71. The van der Waals surface area contributed by atoms with E-state index in [-0.39, 0.29) is 5.69 Å². The third kappa shape index (κ3) is 3.20. The molecule has 1 amide bonds. The molecular formula is C17H15F3N2O2. The first-order chi connectivity index (χ1) is 11.4. The Morgan fingerprint density at radius 2 is 2.08 bits per heavy atom. The van der Waals surface area contributed by atoms with Crippen LogP contribution in [0, 0.1) is 0 Å². The van der Waals surface area contributed by atoms with E-state index < -0.39 is 29.3 Å². The molecule has 24 heavy (non-hydrogen) atoms. The molecule has 1 unspecified atom stereocenters. The van der Waals surface area contributed by atoms with E-state index in [0.29, 0.717) is 12.1 Å². The maximum absolute atomic E-state index is 12.8. The monoisotopic (exact) mass is 336 g/mol. The number of hydrogen-bond donors (Lipinski definition) is 2. The molecule has 1 aromatic carbocycles. The predicted molar refractivity (Wildman–Crippen MR) is 81.7 cm³/mol. The van der Waals surface area contributed by atoms with Gasteiger partial charge in [-0.1, -0.05) is 6.07 Å². The highest BCUT2D eigenvalue weighted by Gasteiger charge is 2.32. The van der Waals surface area contributed by atoms with Crippen LogP contribution in [0.3, 0.4) is 0 Å². The van der Waals surface area contributed by atoms with Crippen molar-refractivity contribution in [2.75, 3.05) is 5.32 Å². The summed E-state index contributed by atoms with van der Waals surface area (Å²) in [6, 6.07) is 6.10. The Morgan fingerprint density at radius 3 is 2.83 bits per heavy atom. The number of phenols is 1. The Bertz CT molecular complexity index is 775. The number of aromatic nitrogens is 1. The van der Waals surface area contributed by atoms with Gasteiger partial charge in [0.25, 0.3) is 0 Å². The van der Waals surface area contributed by atoms with E-state index in [4.69, 9.17) is 0 Å². The maximum atomic E-state index is 12.8. The summed E-state index contributed by atoms with van der Waals surface area (Å²) in [5, 5.41) is 12.1. The third-order valence-electron chi connectivity index (χ3n) is 4.09. The number of phenolic OH excluding ortho intramolecular Hbond substituents is 1. The molecule has 7 heteroatoms. The molecule has 1 heterocycles. The standard InChI is InChI=1S/C17H15F3N2O2/c18-17(19,20)11-6-7-14(23)13(9-11)22-16(24)12-5-1-3-10-4-2-8-21-15(10)12/h2,4,6-9,12,23H,1,3,5H2,(H,22,24). The van der Waals surface area contributed by atoms with Crippen LogP contribution in [0.25, 0.3) is 0 Å². The van der Waals surface area contributed by atoms with E-state index >= 15 is 0 Å². The van der Waals surface area contributed by atoms with Gasteiger partial charge >= 0.3 is 6.18 Å². The van der Waals surface area contributed by atoms with Crippen molar-refractivity contribution < 1.29 is 23.1 Å². The van der Waals surface area contributed by atoms with E-state index in [9.17, 15) is 23.1 Å². The molecule has 0 spiro atoms. The molecule has 0 saturated heterocycles. The third-order valence-corrected chi connectivity index (χ3v) is 4.09. The molecule has 3 rings (SSSR count). The van der Waals surface area contributed by atoms with E-state index in [1.807, 2.05) is 6.07 Å². The van der Waals surface area contributed by atoms with Gasteiger partial charge in [-0.2, -0.15) is 13.2 Å². The number of fused-ring (bicyclic) bond motifs is 1. The Balaban J connectivity index is 1.86. The number of carbonyl (C=O) groups is 1. The van der Waals surface area contributed by atoms with Gasteiger partial charge in [0, 0.05) is 6.20 Å². The molecular weight excluding hydrogens is 321 g/mol. The summed E-state index contributed by atoms with van der Waals surface area (Å²) in [5.41, 5.74) is 0.431. The first-order valence-electron chi connectivity index (χ1n) is 7.51. The number of nitrogens with zero attached hydrogens (tertiary/aromatic N) is 1. The van der Waals surface area contributed by atoms with Crippen molar-refractivity contribution in [2.45, 2.75) is 31.4 Å². The lowest BCUT2D eigenvalue weighted by Gasteiger charge is -2.23. The van der Waals surface area contributed by atoms with Crippen molar-refractivity contribution in [3.05, 3.63) is 53.3 Å². The number of nitrogens with one attached hydrogen (secondary N) is 1. The molecule has 126 valence electrons. The topological polar surface area (TPSA) is 62.2 Å². The largest absolute Gasteiger partial charge is 0.506 e. The molecule has 2 N–H and O–H groups in total. The first-order valence-corrected chi connectivity index (χ1v) is 7.51. The number of rotatable bonds is 2. The summed E-state index contributed by atoms with van der Waals surface area (Å²) in [6.07, 6.45) is -0.777. The highest BCUT2D eigenvalue weighted by molar-refractivity contribution is 5.97. The molecule has 0 bridgehead atoms. The zero-order valence-electron chi connectivity index (χ0n) is 12.6. The summed E-state index contributed by atoms with van der Waals surface area (Å²) < 4.78 is 38.4. The molecule has 1 atom stereocenters. The molecule has 0 saturated carbocycles. The maximum Gasteiger partial charge on any atom is 0.416 e. The Morgan fingerprint density at radius 1 is 1.29 bits per heavy atom. The zero-order valence-corrected chi connectivity index (χ0v) is 12.6. The number of anilines is 1. The van der Waals surface area contributed by atoms with Gasteiger partial charge in [0.2, 0.25) is 5.91 Å². The molecule has 0 radical (unpaired) electrons. The van der Waals surface area contributed by atoms with Crippen LogP contribution >= 0.6 is 0 Å². The van der Waals surface area contributed by atoms with Gasteiger partial charge in [-0.15, -0.1) is 0 Å². The van der Waals surface area contributed by atoms with Gasteiger partial charge < -0.3 is 10.4 Å². The van der Waals surface area contributed by atoms with Crippen LogP contribution in [-0.2, 0) is 17.4 Å². The number of aryl methyl sites for hydroxylation is 1. The fraction of sp³-hybridized carbons (Fsp3) is 0.294. The minimum atomic E-state index is -4.55. The lowest BCUT2D eigenvalue weighted by Crippen LogP contribution is -2.25. The summed E-state index contributed by atoms with van der Waals surface area (Å²) >= 11 is 0. The highest BCUT2D eigenvalue weighted by atomic mass is 19.4. The Kier molecular flexibility index (Phi) is 4.17. The summed E-state index contributed by atoms with van der Waals surface area (Å²) in [7, 11) is 0. The first kappa shape index (κ1) is 16.3. The van der Waals surface area contributed by atoms with Gasteiger partial charge in [-0.25, -0.2) is 0 Å². The van der Waals surface area contributed by atoms with Crippen molar-refractivity contribution in [1.82, 2.24) is 4.98 Å². The lowest BCUT2D eigenvalue weighted by molar-refractivity contribution is -0.137. The Hall–Kier alpha value is -2.57. The zero-order chi connectivity index (χ0) is 17.3. The van der Waals surface area contributed by atoms with Crippen LogP contribution in [0.2, 0.25) is 0 Å². The van der Waals surface area contributed by atoms with Crippen molar-refractivity contribution >= 4 is 11.6 Å². The summed E-state index contributed by atoms with van der Waals surface area (Å²) in [4.78, 5) is 16.7. The van der Waals surface area contributed by atoms with Crippen LogP contribution in [0.4, 0.5) is 18.9 Å². The van der Waals surface area contributed by atoms with Crippen LogP contribution in [-0.4, -0.2) is 16.0 Å². The molecule has 1 aliphatic rings. The molecule has 1 aliphatic carbocycles. The highest BCUT2D eigenvalue weighted by Crippen LogP contribution is 2.36. The SMILES string of the molecule is O=C(Nc1cc(C(F)(F)F)ccc1O)C1CCCc2cccnc21. The average molecular weight is 336 g/mol. The van der Waals surface area contributed by atoms with E-state index in [1.54, 1.807) is 12.3 Å². The predicted octanol–water partition coefficient (Wildman–Crippen LogP) is 3.86. The quantitative estimate of drug-likeness (QED) is 0.819. The van der Waals surface area contributed by atoms with Crippen LogP contribution in [0.5, 0.6) is 5.75 Å². The van der Waals surface area contributed by atoms with Gasteiger partial charge in [0.05, 0.1) is 22.9 Å². The number of carbonyl (C=O) groups excluding carboxylic acids is 1. The average Bonchev–Trinajstić information content (AvgIpc) is 2.55. The molecule has 1 aromatic heterocycles. The number of pyridine rings is 1. The molecule has 4 nitrogen and oxygen atoms in total. The number of amides is 1. The number of alkyl halides is 3. The van der Waals surface area contributed by atoms with E-state index in [1.165, 1.54) is 0 Å². The van der Waals surface area contributed by atoms with Gasteiger partial charge in [0.15, 0.2) is 0 Å². The van der Waals surface area contributed by atoms with Crippen molar-refractivity contribution in [2.24, 2.45) is 0 Å². The van der Waals surface area contributed by atoms with Crippen LogP contribution in [0.15, 0.2) is 36.5 Å². The molecule has 0 fully saturated rings. The smallest absolute Gasteiger partial charge is 0.416 e. The fourth-order valence-corrected chi connectivity index (χ4v) is 2.90. The van der Waals surface area contributed by atoms with Gasteiger partial charge in [-0.05, 0) is 49.1 Å². The number of aromatic hydroxyl groups is 1. The van der Waals surface area contributed by atoms with Crippen molar-refractivity contribution in [3.63, 3.8) is 0 Å². The number of hydrogen-bond acceptors (Lipinski definition) is 3. The van der Waals surface area contributed by atoms with Crippen molar-refractivity contribution in [3.8, 4) is 5.75 Å². The second-order valence-electron chi connectivity index (χ2n) is 5.71. The fourth-order valence-electron chi connectivity index (χ4n) is 2.90. The second kappa shape index (κ2) is 6.14. The normalized spacial score (nSPS) is 17.2. The molecule has 2 aromatic rings. The Labute approximate surface area is 136 Å². The van der Waals surface area contributed by atoms with E-state index in [0.717, 1.165) is 36.6 Å². The minimum absolute atomic E-state index is 0.252. The van der Waals surface area contributed by atoms with Crippen molar-refractivity contribution in [1.29, 1.82) is 0 Å². The van der Waals surface area contributed by atoms with Gasteiger partial charge in [0.1, 0.15) is 5.75 Å². The number of halogens is 3. The summed E-state index contributed by atoms with van der Waals surface area (Å²) in [5.74, 6) is -1.42. The van der Waals surface area contributed by atoms with Gasteiger partial charge in [-0.3, -0.25) is 9.78 Å². The molecule has 0 aliphatic heterocycles. The minimum Gasteiger partial charge on any atom is -0.506 e. The lowest BCUT2D eigenvalue weighted by atomic mass is 9.86. The van der Waals surface area contributed by atoms with Crippen LogP contribution in [0.1, 0.15) is 35.6 Å². The van der Waals surface area contributed by atoms with E-state index in [2.05, 4.69) is 10.3 Å². The summed E-state index contributed by atoms with van der Waals surface area (Å²) in [6.45, 7) is 0.